The minimum Gasteiger partial charge on any atom is -0.483 e. The highest BCUT2D eigenvalue weighted by Gasteiger charge is 2.29. The Morgan fingerprint density at radius 3 is 2.62 bits per heavy atom. The topological polar surface area (TPSA) is 95.3 Å². The van der Waals surface area contributed by atoms with Crippen molar-refractivity contribution in [1.82, 2.24) is 20.3 Å². The Bertz CT molecular complexity index is 1070. The molecule has 166 valence electrons. The summed E-state index contributed by atoms with van der Waals surface area (Å²) in [6.45, 7) is -0.0855. The summed E-state index contributed by atoms with van der Waals surface area (Å²) in [5.41, 5.74) is 2.13. The van der Waals surface area contributed by atoms with Crippen molar-refractivity contribution in [2.45, 2.75) is 37.8 Å². The standard InChI is InChI=1S/C24H26N4O4/c1-31-24(30)20-15-28(27-26-20)21-13-7-6-12-19(21)25-23(29)16-32-22-14-8-5-11-18(22)17-9-3-2-4-10-17/h2-5,8-11,14-15,19,21H,6-7,12-13,16H2,1H3,(H,25,29)/t19-,21+/m0/s1. The van der Waals surface area contributed by atoms with Crippen molar-refractivity contribution in [3.8, 4) is 16.9 Å². The molecule has 3 aromatic rings. The second kappa shape index (κ2) is 10.1. The molecular weight excluding hydrogens is 408 g/mol. The van der Waals surface area contributed by atoms with Crippen molar-refractivity contribution in [3.05, 3.63) is 66.5 Å². The van der Waals surface area contributed by atoms with Crippen LogP contribution in [0, 0.1) is 0 Å². The molecule has 4 rings (SSSR count). The first-order valence-corrected chi connectivity index (χ1v) is 10.7. The Morgan fingerprint density at radius 1 is 1.06 bits per heavy atom. The first kappa shape index (κ1) is 21.5. The highest BCUT2D eigenvalue weighted by molar-refractivity contribution is 5.86. The molecule has 1 N–H and O–H groups in total. The van der Waals surface area contributed by atoms with Crippen molar-refractivity contribution < 1.29 is 19.1 Å². The van der Waals surface area contributed by atoms with E-state index in [0.717, 1.165) is 36.8 Å². The van der Waals surface area contributed by atoms with E-state index < -0.39 is 5.97 Å². The fourth-order valence-corrected chi connectivity index (χ4v) is 4.07. The molecule has 0 aliphatic heterocycles. The summed E-state index contributed by atoms with van der Waals surface area (Å²) in [7, 11) is 1.31. The zero-order valence-electron chi connectivity index (χ0n) is 17.9. The van der Waals surface area contributed by atoms with Crippen LogP contribution < -0.4 is 10.1 Å². The highest BCUT2D eigenvalue weighted by Crippen LogP contribution is 2.30. The Labute approximate surface area is 186 Å². The summed E-state index contributed by atoms with van der Waals surface area (Å²) in [6, 6.07) is 17.4. The molecule has 1 saturated carbocycles. The SMILES string of the molecule is COC(=O)c1cn([C@@H]2CCCC[C@@H]2NC(=O)COc2ccccc2-c2ccccc2)nn1. The van der Waals surface area contributed by atoms with Gasteiger partial charge < -0.3 is 14.8 Å². The number of hydrogen-bond acceptors (Lipinski definition) is 6. The number of rotatable bonds is 7. The molecule has 0 unspecified atom stereocenters. The molecule has 1 aliphatic rings. The Kier molecular flexibility index (Phi) is 6.79. The average Bonchev–Trinajstić information content (AvgIpc) is 3.33. The molecule has 0 saturated heterocycles. The van der Waals surface area contributed by atoms with E-state index >= 15 is 0 Å². The second-order valence-corrected chi connectivity index (χ2v) is 7.75. The normalized spacial score (nSPS) is 18.0. The number of nitrogens with zero attached hydrogens (tertiary/aromatic N) is 3. The Hall–Kier alpha value is -3.68. The molecule has 0 radical (unpaired) electrons. The van der Waals surface area contributed by atoms with E-state index in [0.29, 0.717) is 5.75 Å². The maximum absolute atomic E-state index is 12.7. The van der Waals surface area contributed by atoms with E-state index in [-0.39, 0.29) is 30.3 Å². The minimum absolute atomic E-state index is 0.0739. The number of amides is 1. The van der Waals surface area contributed by atoms with Crippen molar-refractivity contribution in [3.63, 3.8) is 0 Å². The quantitative estimate of drug-likeness (QED) is 0.573. The van der Waals surface area contributed by atoms with Gasteiger partial charge in [0.15, 0.2) is 12.3 Å². The molecular formula is C24H26N4O4. The minimum atomic E-state index is -0.530. The van der Waals surface area contributed by atoms with Gasteiger partial charge >= 0.3 is 5.97 Å². The third-order valence-corrected chi connectivity index (χ3v) is 5.65. The van der Waals surface area contributed by atoms with Crippen LogP contribution in [0.3, 0.4) is 0 Å². The van der Waals surface area contributed by atoms with Crippen LogP contribution in [0.15, 0.2) is 60.8 Å². The monoisotopic (exact) mass is 434 g/mol. The van der Waals surface area contributed by atoms with Crippen molar-refractivity contribution in [2.24, 2.45) is 0 Å². The summed E-state index contributed by atoms with van der Waals surface area (Å²) in [5, 5.41) is 11.1. The van der Waals surface area contributed by atoms with Crippen LogP contribution in [-0.4, -0.2) is 46.6 Å². The van der Waals surface area contributed by atoms with Gasteiger partial charge in [-0.3, -0.25) is 4.79 Å². The van der Waals surface area contributed by atoms with E-state index in [4.69, 9.17) is 9.47 Å². The van der Waals surface area contributed by atoms with Gasteiger partial charge in [-0.05, 0) is 24.5 Å². The number of aromatic nitrogens is 3. The van der Waals surface area contributed by atoms with E-state index in [1.807, 2.05) is 54.6 Å². The van der Waals surface area contributed by atoms with Gasteiger partial charge in [0.25, 0.3) is 5.91 Å². The first-order chi connectivity index (χ1) is 15.7. The van der Waals surface area contributed by atoms with E-state index in [1.165, 1.54) is 7.11 Å². The molecule has 1 aromatic heterocycles. The molecule has 2 atom stereocenters. The van der Waals surface area contributed by atoms with Gasteiger partial charge in [-0.1, -0.05) is 66.6 Å². The van der Waals surface area contributed by atoms with Gasteiger partial charge in [0.05, 0.1) is 25.4 Å². The lowest BCUT2D eigenvalue weighted by atomic mass is 9.90. The number of carbonyl (C=O) groups is 2. The van der Waals surface area contributed by atoms with Gasteiger partial charge in [0.1, 0.15) is 5.75 Å². The fraction of sp³-hybridized carbons (Fsp3) is 0.333. The van der Waals surface area contributed by atoms with E-state index in [9.17, 15) is 9.59 Å². The summed E-state index contributed by atoms with van der Waals surface area (Å²) >= 11 is 0. The predicted octanol–water partition coefficient (Wildman–Crippen LogP) is 3.41. The number of benzene rings is 2. The smallest absolute Gasteiger partial charge is 0.360 e. The zero-order valence-corrected chi connectivity index (χ0v) is 17.9. The number of nitrogens with one attached hydrogen (secondary N) is 1. The molecule has 1 aliphatic carbocycles. The molecule has 8 nitrogen and oxygen atoms in total. The van der Waals surface area contributed by atoms with Gasteiger partial charge in [-0.25, -0.2) is 9.48 Å². The van der Waals surface area contributed by atoms with Gasteiger partial charge in [0, 0.05) is 5.56 Å². The van der Waals surface area contributed by atoms with Gasteiger partial charge in [0.2, 0.25) is 0 Å². The van der Waals surface area contributed by atoms with Crippen molar-refractivity contribution >= 4 is 11.9 Å². The van der Waals surface area contributed by atoms with Gasteiger partial charge in [-0.15, -0.1) is 5.10 Å². The molecule has 0 spiro atoms. The van der Waals surface area contributed by atoms with Crippen LogP contribution in [0.2, 0.25) is 0 Å². The van der Waals surface area contributed by atoms with Gasteiger partial charge in [-0.2, -0.15) is 0 Å². The van der Waals surface area contributed by atoms with Crippen LogP contribution >= 0.6 is 0 Å². The summed E-state index contributed by atoms with van der Waals surface area (Å²) in [5.74, 6) is -0.0655. The fourth-order valence-electron chi connectivity index (χ4n) is 4.07. The van der Waals surface area contributed by atoms with Crippen LogP contribution in [0.25, 0.3) is 11.1 Å². The Balaban J connectivity index is 1.40. The third kappa shape index (κ3) is 4.96. The number of methoxy groups -OCH3 is 1. The number of para-hydroxylation sites is 1. The summed E-state index contributed by atoms with van der Waals surface area (Å²) in [4.78, 5) is 24.4. The summed E-state index contributed by atoms with van der Waals surface area (Å²) in [6.07, 6.45) is 5.27. The summed E-state index contributed by atoms with van der Waals surface area (Å²) < 4.78 is 12.2. The van der Waals surface area contributed by atoms with Crippen LogP contribution in [-0.2, 0) is 9.53 Å². The van der Waals surface area contributed by atoms with E-state index in [1.54, 1.807) is 10.9 Å². The van der Waals surface area contributed by atoms with Crippen LogP contribution in [0.1, 0.15) is 42.2 Å². The lowest BCUT2D eigenvalue weighted by molar-refractivity contribution is -0.124. The molecule has 1 heterocycles. The van der Waals surface area contributed by atoms with E-state index in [2.05, 4.69) is 15.6 Å². The largest absolute Gasteiger partial charge is 0.483 e. The van der Waals surface area contributed by atoms with Crippen LogP contribution in [0.5, 0.6) is 5.75 Å². The number of esters is 1. The average molecular weight is 434 g/mol. The van der Waals surface area contributed by atoms with Crippen molar-refractivity contribution in [2.75, 3.05) is 13.7 Å². The lowest BCUT2D eigenvalue weighted by Crippen LogP contribution is -2.45. The maximum atomic E-state index is 12.7. The number of ether oxygens (including phenoxy) is 2. The third-order valence-electron chi connectivity index (χ3n) is 5.65. The molecule has 1 amide bonds. The highest BCUT2D eigenvalue weighted by atomic mass is 16.5. The van der Waals surface area contributed by atoms with Crippen LogP contribution in [0.4, 0.5) is 0 Å². The number of hydrogen-bond donors (Lipinski definition) is 1. The zero-order chi connectivity index (χ0) is 22.3. The first-order valence-electron chi connectivity index (χ1n) is 10.7. The Morgan fingerprint density at radius 2 is 1.81 bits per heavy atom. The molecule has 8 heteroatoms. The van der Waals surface area contributed by atoms with Crippen molar-refractivity contribution in [1.29, 1.82) is 0 Å². The molecule has 1 fully saturated rings. The molecule has 2 aromatic carbocycles. The molecule has 32 heavy (non-hydrogen) atoms. The predicted molar refractivity (Wildman–Crippen MR) is 118 cm³/mol. The maximum Gasteiger partial charge on any atom is 0.360 e. The number of carbonyl (C=O) groups excluding carboxylic acids is 2. The second-order valence-electron chi connectivity index (χ2n) is 7.75. The lowest BCUT2D eigenvalue weighted by Gasteiger charge is -2.31. The molecule has 0 bridgehead atoms.